The first-order valence-electron chi connectivity index (χ1n) is 8.72. The van der Waals surface area contributed by atoms with E-state index in [0.29, 0.717) is 17.0 Å². The minimum Gasteiger partial charge on any atom is -0.282 e. The van der Waals surface area contributed by atoms with E-state index in [9.17, 15) is 13.2 Å². The number of aromatic nitrogens is 3. The van der Waals surface area contributed by atoms with Gasteiger partial charge in [-0.3, -0.25) is 9.20 Å². The number of sulfonamides is 1. The number of hydrogen-bond donors (Lipinski definition) is 1. The van der Waals surface area contributed by atoms with E-state index >= 15 is 0 Å². The molecule has 0 fully saturated rings. The molecule has 0 aliphatic heterocycles. The number of hydrogen-bond acceptors (Lipinski definition) is 5. The monoisotopic (exact) mass is 404 g/mol. The van der Waals surface area contributed by atoms with Crippen LogP contribution in [-0.4, -0.2) is 28.9 Å². The number of amides is 1. The third-order valence-corrected chi connectivity index (χ3v) is 5.13. The maximum Gasteiger partial charge on any atom is 0.266 e. The van der Waals surface area contributed by atoms with Gasteiger partial charge >= 0.3 is 0 Å². The van der Waals surface area contributed by atoms with Gasteiger partial charge in [0.15, 0.2) is 11.5 Å². The Morgan fingerprint density at radius 1 is 0.897 bits per heavy atom. The zero-order valence-electron chi connectivity index (χ0n) is 15.1. The summed E-state index contributed by atoms with van der Waals surface area (Å²) in [5.74, 6) is -0.181. The van der Waals surface area contributed by atoms with Crippen LogP contribution >= 0.6 is 0 Å². The van der Waals surface area contributed by atoms with Crippen LogP contribution < -0.4 is 4.72 Å². The van der Waals surface area contributed by atoms with Crippen LogP contribution in [0.1, 0.15) is 15.9 Å². The van der Waals surface area contributed by atoms with Crippen molar-refractivity contribution in [2.45, 2.75) is 0 Å². The van der Waals surface area contributed by atoms with Gasteiger partial charge in [0.05, 0.1) is 11.0 Å². The molecule has 0 atom stereocenters. The van der Waals surface area contributed by atoms with E-state index in [2.05, 4.69) is 14.9 Å². The van der Waals surface area contributed by atoms with E-state index in [-0.39, 0.29) is 5.56 Å². The summed E-state index contributed by atoms with van der Waals surface area (Å²) in [5, 5.41) is 9.21. The van der Waals surface area contributed by atoms with Gasteiger partial charge in [0, 0.05) is 11.8 Å². The van der Waals surface area contributed by atoms with Crippen LogP contribution in [0.25, 0.3) is 23.1 Å². The molecule has 0 saturated carbocycles. The van der Waals surface area contributed by atoms with Crippen LogP contribution in [0.5, 0.6) is 0 Å². The summed E-state index contributed by atoms with van der Waals surface area (Å²) in [6.45, 7) is 0. The van der Waals surface area contributed by atoms with Crippen molar-refractivity contribution in [3.8, 4) is 11.4 Å². The van der Waals surface area contributed by atoms with E-state index in [1.807, 2.05) is 36.4 Å². The van der Waals surface area contributed by atoms with Crippen molar-refractivity contribution in [2.24, 2.45) is 0 Å². The van der Waals surface area contributed by atoms with Crippen molar-refractivity contribution in [1.82, 2.24) is 19.3 Å². The highest BCUT2D eigenvalue weighted by atomic mass is 32.2. The average Bonchev–Trinajstić information content (AvgIpc) is 3.17. The largest absolute Gasteiger partial charge is 0.282 e. The lowest BCUT2D eigenvalue weighted by atomic mass is 10.2. The summed E-state index contributed by atoms with van der Waals surface area (Å²) in [7, 11) is -3.95. The predicted molar refractivity (Wildman–Crippen MR) is 110 cm³/mol. The smallest absolute Gasteiger partial charge is 0.266 e. The highest BCUT2D eigenvalue weighted by Gasteiger charge is 2.16. The molecule has 0 spiro atoms. The molecule has 29 heavy (non-hydrogen) atoms. The molecule has 0 bridgehead atoms. The van der Waals surface area contributed by atoms with E-state index in [1.165, 1.54) is 18.3 Å². The Hall–Kier alpha value is -3.78. The molecule has 7 nitrogen and oxygen atoms in total. The summed E-state index contributed by atoms with van der Waals surface area (Å²) in [6.07, 6.45) is 2.94. The lowest BCUT2D eigenvalue weighted by Crippen LogP contribution is -2.29. The normalized spacial score (nSPS) is 11.7. The molecule has 0 saturated heterocycles. The predicted octanol–water partition coefficient (Wildman–Crippen LogP) is 3.13. The lowest BCUT2D eigenvalue weighted by Gasteiger charge is -2.05. The van der Waals surface area contributed by atoms with Crippen molar-refractivity contribution < 1.29 is 13.2 Å². The van der Waals surface area contributed by atoms with E-state index < -0.39 is 15.9 Å². The molecule has 2 heterocycles. The number of nitrogens with one attached hydrogen (secondary N) is 1. The third-order valence-electron chi connectivity index (χ3n) is 4.17. The van der Waals surface area contributed by atoms with Gasteiger partial charge < -0.3 is 0 Å². The van der Waals surface area contributed by atoms with Crippen LogP contribution in [-0.2, 0) is 10.0 Å². The number of rotatable bonds is 5. The van der Waals surface area contributed by atoms with E-state index in [0.717, 1.165) is 11.0 Å². The number of pyridine rings is 1. The Kier molecular flexibility index (Phi) is 4.92. The zero-order chi connectivity index (χ0) is 20.3. The van der Waals surface area contributed by atoms with Crippen LogP contribution in [0, 0.1) is 0 Å². The molecule has 0 radical (unpaired) electrons. The van der Waals surface area contributed by atoms with Gasteiger partial charge in [-0.2, -0.15) is 0 Å². The molecule has 0 aliphatic rings. The summed E-state index contributed by atoms with van der Waals surface area (Å²) in [5.41, 5.74) is 2.26. The van der Waals surface area contributed by atoms with Gasteiger partial charge in [-0.25, -0.2) is 13.1 Å². The Morgan fingerprint density at radius 2 is 1.59 bits per heavy atom. The number of fused-ring (bicyclic) bond motifs is 1. The molecular formula is C21H16N4O3S. The zero-order valence-corrected chi connectivity index (χ0v) is 16.0. The molecule has 0 aliphatic carbocycles. The van der Waals surface area contributed by atoms with Crippen molar-refractivity contribution in [3.05, 3.63) is 95.5 Å². The molecule has 0 unspecified atom stereocenters. The topological polar surface area (TPSA) is 93.4 Å². The van der Waals surface area contributed by atoms with E-state index in [4.69, 9.17) is 0 Å². The highest BCUT2D eigenvalue weighted by Crippen LogP contribution is 2.18. The van der Waals surface area contributed by atoms with Crippen molar-refractivity contribution >= 4 is 27.7 Å². The maximum absolute atomic E-state index is 12.5. The lowest BCUT2D eigenvalue weighted by molar-refractivity contribution is 0.0981. The summed E-state index contributed by atoms with van der Waals surface area (Å²) in [4.78, 5) is 12.5. The second-order valence-electron chi connectivity index (χ2n) is 6.23. The van der Waals surface area contributed by atoms with Gasteiger partial charge in [0.1, 0.15) is 0 Å². The van der Waals surface area contributed by atoms with Crippen molar-refractivity contribution in [2.75, 3.05) is 0 Å². The fourth-order valence-electron chi connectivity index (χ4n) is 2.76. The molecular weight excluding hydrogens is 388 g/mol. The summed E-state index contributed by atoms with van der Waals surface area (Å²) in [6, 6.07) is 21.5. The first kappa shape index (κ1) is 18.6. The third kappa shape index (κ3) is 4.22. The Bertz CT molecular complexity index is 1300. The maximum atomic E-state index is 12.5. The fourth-order valence-corrected chi connectivity index (χ4v) is 3.54. The van der Waals surface area contributed by atoms with Crippen LogP contribution in [0.3, 0.4) is 0 Å². The van der Waals surface area contributed by atoms with E-state index in [1.54, 1.807) is 34.7 Å². The van der Waals surface area contributed by atoms with Gasteiger partial charge in [-0.05, 0) is 23.8 Å². The molecule has 2 aromatic carbocycles. The molecule has 1 N–H and O–H groups in total. The Balaban J connectivity index is 1.59. The first-order chi connectivity index (χ1) is 14.0. The number of nitrogens with zero attached hydrogens (tertiary/aromatic N) is 3. The minimum atomic E-state index is -3.95. The quantitative estimate of drug-likeness (QED) is 0.552. The molecule has 144 valence electrons. The number of carbonyl (C=O) groups is 1. The van der Waals surface area contributed by atoms with Crippen LogP contribution in [0.15, 0.2) is 84.4 Å². The van der Waals surface area contributed by atoms with Crippen LogP contribution in [0.2, 0.25) is 0 Å². The van der Waals surface area contributed by atoms with Gasteiger partial charge in [-0.1, -0.05) is 60.7 Å². The number of benzene rings is 2. The van der Waals surface area contributed by atoms with Crippen molar-refractivity contribution in [1.29, 1.82) is 0 Å². The molecule has 4 aromatic rings. The van der Waals surface area contributed by atoms with Gasteiger partial charge in [-0.15, -0.1) is 10.2 Å². The standard InChI is InChI=1S/C21H16N4O3S/c26-21(24-29(27,28)14-13-16-7-3-1-4-8-16)18-11-12-19-22-23-20(25(19)15-18)17-9-5-2-6-10-17/h1-15H,(H,24,26)/b14-13+. The minimum absolute atomic E-state index is 0.172. The van der Waals surface area contributed by atoms with Crippen LogP contribution in [0.4, 0.5) is 0 Å². The van der Waals surface area contributed by atoms with Crippen molar-refractivity contribution in [3.63, 3.8) is 0 Å². The second kappa shape index (κ2) is 7.69. The van der Waals surface area contributed by atoms with Gasteiger partial charge in [0.25, 0.3) is 15.9 Å². The summed E-state index contributed by atoms with van der Waals surface area (Å²) >= 11 is 0. The Morgan fingerprint density at radius 3 is 2.31 bits per heavy atom. The Labute approximate surface area is 167 Å². The molecule has 8 heteroatoms. The fraction of sp³-hybridized carbons (Fsp3) is 0. The first-order valence-corrected chi connectivity index (χ1v) is 10.3. The average molecular weight is 404 g/mol. The second-order valence-corrected chi connectivity index (χ2v) is 7.79. The molecule has 4 rings (SSSR count). The highest BCUT2D eigenvalue weighted by molar-refractivity contribution is 7.93. The number of carbonyl (C=O) groups excluding carboxylic acids is 1. The molecule has 2 aromatic heterocycles. The molecule has 1 amide bonds. The SMILES string of the molecule is O=C(NS(=O)(=O)/C=C/c1ccccc1)c1ccc2nnc(-c3ccccc3)n2c1. The van der Waals surface area contributed by atoms with Gasteiger partial charge in [0.2, 0.25) is 0 Å². The summed E-state index contributed by atoms with van der Waals surface area (Å²) < 4.78 is 28.2.